The van der Waals surface area contributed by atoms with E-state index in [-0.39, 0.29) is 6.23 Å². The Morgan fingerprint density at radius 3 is 2.30 bits per heavy atom. The number of aliphatic hydroxyl groups excluding tert-OH is 1. The lowest BCUT2D eigenvalue weighted by atomic mass is 10.2. The fourth-order valence-corrected chi connectivity index (χ4v) is 2.24. The molecule has 114 valence electrons. The second-order valence-corrected chi connectivity index (χ2v) is 4.69. The largest absolute Gasteiger partial charge is 0.378 e. The van der Waals surface area contributed by atoms with E-state index >= 15 is 0 Å². The first kappa shape index (κ1) is 16.9. The molecule has 0 radical (unpaired) electrons. The van der Waals surface area contributed by atoms with Crippen LogP contribution in [0, 0.1) is 0 Å². The lowest BCUT2D eigenvalue weighted by Gasteiger charge is -2.37. The average Bonchev–Trinajstić information content (AvgIpc) is 2.55. The summed E-state index contributed by atoms with van der Waals surface area (Å²) >= 11 is 0. The summed E-state index contributed by atoms with van der Waals surface area (Å²) in [5, 5.41) is 10.0. The highest BCUT2D eigenvalue weighted by Gasteiger charge is 2.22. The van der Waals surface area contributed by atoms with Crippen LogP contribution < -0.4 is 4.90 Å². The van der Waals surface area contributed by atoms with Crippen LogP contribution >= 0.6 is 0 Å². The Morgan fingerprint density at radius 2 is 1.75 bits per heavy atom. The van der Waals surface area contributed by atoms with Crippen LogP contribution in [0.5, 0.6) is 0 Å². The molecule has 0 spiro atoms. The van der Waals surface area contributed by atoms with Crippen molar-refractivity contribution in [1.29, 1.82) is 0 Å². The molecule has 1 aliphatic rings. The van der Waals surface area contributed by atoms with Crippen LogP contribution in [-0.2, 0) is 0 Å². The lowest BCUT2D eigenvalue weighted by Crippen LogP contribution is -2.50. The number of anilines is 1. The number of hydrogen-bond acceptors (Lipinski definition) is 5. The van der Waals surface area contributed by atoms with Crippen LogP contribution in [0.15, 0.2) is 18.5 Å². The first-order valence-corrected chi connectivity index (χ1v) is 7.75. The second kappa shape index (κ2) is 9.66. The highest BCUT2D eigenvalue weighted by molar-refractivity contribution is 5.29. The summed E-state index contributed by atoms with van der Waals surface area (Å²) in [4.78, 5) is 12.8. The Kier molecular flexibility index (Phi) is 8.14. The van der Waals surface area contributed by atoms with Gasteiger partial charge in [-0.3, -0.25) is 4.90 Å². The minimum absolute atomic E-state index is 0.288. The molecule has 5 nitrogen and oxygen atoms in total. The van der Waals surface area contributed by atoms with Gasteiger partial charge in [0.2, 0.25) is 5.95 Å². The van der Waals surface area contributed by atoms with Gasteiger partial charge in [0.05, 0.1) is 0 Å². The quantitative estimate of drug-likeness (QED) is 0.895. The molecule has 2 rings (SSSR count). The molecule has 2 heterocycles. The number of aliphatic hydroxyl groups is 1. The molecule has 0 amide bonds. The standard InChI is InChI=1S/C13H22N4O.C2H6/c1-2-3-5-12(18)16-8-10-17(11-9-16)13-14-6-4-7-15-13;1-2/h4,6-7,12,18H,2-3,5,8-11H2,1H3;1-2H3. The molecule has 1 N–H and O–H groups in total. The van der Waals surface area contributed by atoms with Crippen LogP contribution in [-0.4, -0.2) is 52.4 Å². The highest BCUT2D eigenvalue weighted by Crippen LogP contribution is 2.13. The molecule has 5 heteroatoms. The van der Waals surface area contributed by atoms with E-state index in [1.54, 1.807) is 12.4 Å². The third-order valence-electron chi connectivity index (χ3n) is 3.39. The summed E-state index contributed by atoms with van der Waals surface area (Å²) in [6.07, 6.45) is 6.34. The number of unbranched alkanes of at least 4 members (excludes halogenated alkanes) is 1. The molecule has 1 fully saturated rings. The van der Waals surface area contributed by atoms with Crippen molar-refractivity contribution in [1.82, 2.24) is 14.9 Å². The smallest absolute Gasteiger partial charge is 0.225 e. The van der Waals surface area contributed by atoms with E-state index in [0.29, 0.717) is 0 Å². The molecule has 1 aliphatic heterocycles. The van der Waals surface area contributed by atoms with E-state index in [4.69, 9.17) is 0 Å². The fraction of sp³-hybridized carbons (Fsp3) is 0.733. The Morgan fingerprint density at radius 1 is 1.15 bits per heavy atom. The summed E-state index contributed by atoms with van der Waals surface area (Å²) in [5.74, 6) is 0.792. The first-order valence-electron chi connectivity index (χ1n) is 7.75. The van der Waals surface area contributed by atoms with Gasteiger partial charge in [-0.1, -0.05) is 27.2 Å². The summed E-state index contributed by atoms with van der Waals surface area (Å²) in [6, 6.07) is 1.83. The minimum Gasteiger partial charge on any atom is -0.378 e. The molecule has 0 bridgehead atoms. The molecule has 0 saturated carbocycles. The van der Waals surface area contributed by atoms with Gasteiger partial charge in [-0.25, -0.2) is 9.97 Å². The number of piperazine rings is 1. The lowest BCUT2D eigenvalue weighted by molar-refractivity contribution is -0.00698. The predicted octanol–water partition coefficient (Wildman–Crippen LogP) is 2.13. The van der Waals surface area contributed by atoms with Gasteiger partial charge in [0.1, 0.15) is 6.23 Å². The second-order valence-electron chi connectivity index (χ2n) is 4.69. The summed E-state index contributed by atoms with van der Waals surface area (Å²) < 4.78 is 0. The van der Waals surface area contributed by atoms with Gasteiger partial charge in [-0.05, 0) is 18.9 Å². The van der Waals surface area contributed by atoms with Crippen molar-refractivity contribution < 1.29 is 5.11 Å². The summed E-state index contributed by atoms with van der Waals surface area (Å²) in [6.45, 7) is 9.67. The molecule has 1 unspecified atom stereocenters. The van der Waals surface area contributed by atoms with Gasteiger partial charge < -0.3 is 10.0 Å². The molecular weight excluding hydrogens is 252 g/mol. The predicted molar refractivity (Wildman–Crippen MR) is 82.7 cm³/mol. The average molecular weight is 280 g/mol. The van der Waals surface area contributed by atoms with Gasteiger partial charge in [-0.15, -0.1) is 0 Å². The summed E-state index contributed by atoms with van der Waals surface area (Å²) in [7, 11) is 0. The van der Waals surface area contributed by atoms with Gasteiger partial charge in [0.15, 0.2) is 0 Å². The molecule has 1 aromatic heterocycles. The monoisotopic (exact) mass is 280 g/mol. The van der Waals surface area contributed by atoms with E-state index in [2.05, 4.69) is 26.7 Å². The van der Waals surface area contributed by atoms with Crippen molar-refractivity contribution >= 4 is 5.95 Å². The maximum absolute atomic E-state index is 10.0. The Labute approximate surface area is 122 Å². The van der Waals surface area contributed by atoms with Crippen molar-refractivity contribution in [2.75, 3.05) is 31.1 Å². The van der Waals surface area contributed by atoms with E-state index in [9.17, 15) is 5.11 Å². The molecular formula is C15H28N4O. The maximum Gasteiger partial charge on any atom is 0.225 e. The number of rotatable bonds is 5. The Hall–Kier alpha value is -1.20. The molecule has 1 saturated heterocycles. The topological polar surface area (TPSA) is 52.5 Å². The molecule has 1 aromatic rings. The fourth-order valence-electron chi connectivity index (χ4n) is 2.24. The van der Waals surface area contributed by atoms with Crippen molar-refractivity contribution in [3.8, 4) is 0 Å². The van der Waals surface area contributed by atoms with Crippen LogP contribution in [0.3, 0.4) is 0 Å². The zero-order valence-corrected chi connectivity index (χ0v) is 13.0. The van der Waals surface area contributed by atoms with E-state index in [1.807, 2.05) is 19.9 Å². The normalized spacial score (nSPS) is 17.3. The van der Waals surface area contributed by atoms with Crippen LogP contribution in [0.1, 0.15) is 40.0 Å². The highest BCUT2D eigenvalue weighted by atomic mass is 16.3. The van der Waals surface area contributed by atoms with Crippen molar-refractivity contribution in [3.63, 3.8) is 0 Å². The first-order chi connectivity index (χ1) is 9.81. The minimum atomic E-state index is -0.288. The Bertz CT molecular complexity index is 339. The molecule has 1 atom stereocenters. The number of aromatic nitrogens is 2. The van der Waals surface area contributed by atoms with Crippen molar-refractivity contribution in [3.05, 3.63) is 18.5 Å². The Balaban J connectivity index is 0.000000956. The molecule has 20 heavy (non-hydrogen) atoms. The van der Waals surface area contributed by atoms with Gasteiger partial charge in [-0.2, -0.15) is 0 Å². The van der Waals surface area contributed by atoms with Gasteiger partial charge >= 0.3 is 0 Å². The maximum atomic E-state index is 10.0. The van der Waals surface area contributed by atoms with E-state index < -0.39 is 0 Å². The van der Waals surface area contributed by atoms with Crippen LogP contribution in [0.25, 0.3) is 0 Å². The third kappa shape index (κ3) is 5.06. The SMILES string of the molecule is CC.CCCCC(O)N1CCN(c2ncccn2)CC1. The molecule has 0 aliphatic carbocycles. The van der Waals surface area contributed by atoms with E-state index in [0.717, 1.165) is 51.4 Å². The van der Waals surface area contributed by atoms with Crippen molar-refractivity contribution in [2.45, 2.75) is 46.3 Å². The molecule has 0 aromatic carbocycles. The number of hydrogen-bond donors (Lipinski definition) is 1. The van der Waals surface area contributed by atoms with Gasteiger partial charge in [0.25, 0.3) is 0 Å². The van der Waals surface area contributed by atoms with Crippen LogP contribution in [0.4, 0.5) is 5.95 Å². The summed E-state index contributed by atoms with van der Waals surface area (Å²) in [5.41, 5.74) is 0. The zero-order chi connectivity index (χ0) is 14.8. The zero-order valence-electron chi connectivity index (χ0n) is 13.0. The van der Waals surface area contributed by atoms with Gasteiger partial charge in [0, 0.05) is 38.6 Å². The van der Waals surface area contributed by atoms with Crippen LogP contribution in [0.2, 0.25) is 0 Å². The van der Waals surface area contributed by atoms with E-state index in [1.165, 1.54) is 0 Å². The van der Waals surface area contributed by atoms with Crippen molar-refractivity contribution in [2.24, 2.45) is 0 Å². The third-order valence-corrected chi connectivity index (χ3v) is 3.39. The number of nitrogens with zero attached hydrogens (tertiary/aromatic N) is 4.